The van der Waals surface area contributed by atoms with Crippen LogP contribution in [-0.2, 0) is 37.1 Å². The predicted octanol–water partition coefficient (Wildman–Crippen LogP) is 4.28. The lowest BCUT2D eigenvalue weighted by Gasteiger charge is -2.33. The largest absolute Gasteiger partial charge is 0.460 e. The van der Waals surface area contributed by atoms with Crippen molar-refractivity contribution in [1.29, 1.82) is 0 Å². The number of amides is 1. The molecule has 1 aliphatic rings. The molecule has 0 aromatic heterocycles. The zero-order valence-electron chi connectivity index (χ0n) is 21.5. The molecule has 7 heteroatoms. The summed E-state index contributed by atoms with van der Waals surface area (Å²) in [4.78, 5) is 39.5. The second-order valence-corrected chi connectivity index (χ2v) is 10.8. The van der Waals surface area contributed by atoms with Crippen molar-refractivity contribution in [1.82, 2.24) is 5.32 Å². The summed E-state index contributed by atoms with van der Waals surface area (Å²) in [7, 11) is 0. The molecular formula is C29H38N2O5. The zero-order chi connectivity index (χ0) is 26.2. The number of carbonyl (C=O) groups excluding carboxylic acids is 3. The van der Waals surface area contributed by atoms with Crippen LogP contribution in [0.1, 0.15) is 64.0 Å². The van der Waals surface area contributed by atoms with Crippen molar-refractivity contribution in [2.75, 3.05) is 0 Å². The Morgan fingerprint density at radius 3 is 1.89 bits per heavy atom. The van der Waals surface area contributed by atoms with E-state index in [9.17, 15) is 14.4 Å². The fourth-order valence-corrected chi connectivity index (χ4v) is 4.66. The highest BCUT2D eigenvalue weighted by atomic mass is 16.5. The van der Waals surface area contributed by atoms with Gasteiger partial charge in [0.2, 0.25) is 5.91 Å². The van der Waals surface area contributed by atoms with Crippen LogP contribution < -0.4 is 11.1 Å². The Morgan fingerprint density at radius 1 is 0.889 bits per heavy atom. The minimum absolute atomic E-state index is 0.109. The van der Waals surface area contributed by atoms with Gasteiger partial charge in [-0.25, -0.2) is 4.79 Å². The summed E-state index contributed by atoms with van der Waals surface area (Å²) in [5.74, 6) is -1.54. The van der Waals surface area contributed by atoms with Gasteiger partial charge >= 0.3 is 11.9 Å². The summed E-state index contributed by atoms with van der Waals surface area (Å²) in [6, 6.07) is 16.7. The maximum atomic E-state index is 13.3. The molecule has 0 unspecified atom stereocenters. The first-order chi connectivity index (χ1) is 17.1. The van der Waals surface area contributed by atoms with Gasteiger partial charge in [-0.15, -0.1) is 0 Å². The molecule has 0 bridgehead atoms. The van der Waals surface area contributed by atoms with Crippen LogP contribution in [-0.4, -0.2) is 29.9 Å². The number of hydrogen-bond acceptors (Lipinski definition) is 6. The highest BCUT2D eigenvalue weighted by Crippen LogP contribution is 2.42. The fourth-order valence-electron chi connectivity index (χ4n) is 4.66. The third kappa shape index (κ3) is 7.40. The van der Waals surface area contributed by atoms with Crippen LogP contribution in [0.15, 0.2) is 60.7 Å². The average Bonchev–Trinajstić information content (AvgIpc) is 3.36. The minimum atomic E-state index is -1.13. The van der Waals surface area contributed by atoms with Gasteiger partial charge in [-0.3, -0.25) is 9.59 Å². The molecule has 194 valence electrons. The third-order valence-electron chi connectivity index (χ3n) is 6.63. The highest BCUT2D eigenvalue weighted by molar-refractivity contribution is 5.93. The lowest BCUT2D eigenvalue weighted by molar-refractivity contribution is -0.161. The number of rotatable bonds is 10. The number of benzene rings is 2. The van der Waals surface area contributed by atoms with E-state index >= 15 is 0 Å². The third-order valence-corrected chi connectivity index (χ3v) is 6.63. The molecule has 3 N–H and O–H groups in total. The van der Waals surface area contributed by atoms with E-state index in [1.807, 2.05) is 81.4 Å². The molecule has 3 rings (SSSR count). The molecule has 2 aromatic carbocycles. The average molecular weight is 495 g/mol. The Bertz CT molecular complexity index is 1010. The van der Waals surface area contributed by atoms with Crippen molar-refractivity contribution in [3.63, 3.8) is 0 Å². The van der Waals surface area contributed by atoms with E-state index in [0.717, 1.165) is 24.0 Å². The normalized spacial score (nSPS) is 16.6. The first-order valence-corrected chi connectivity index (χ1v) is 12.6. The maximum Gasteiger partial charge on any atom is 0.328 e. The number of nitrogens with one attached hydrogen (secondary N) is 1. The number of nitrogens with two attached hydrogens (primary N) is 1. The number of hydrogen-bond donors (Lipinski definition) is 2. The van der Waals surface area contributed by atoms with E-state index < -0.39 is 35.3 Å². The fraction of sp³-hybridized carbons (Fsp3) is 0.483. The van der Waals surface area contributed by atoms with Gasteiger partial charge in [0.05, 0.1) is 5.41 Å². The molecule has 0 radical (unpaired) electrons. The van der Waals surface area contributed by atoms with Gasteiger partial charge in [-0.05, 0) is 35.8 Å². The van der Waals surface area contributed by atoms with Crippen molar-refractivity contribution in [3.05, 3.63) is 71.8 Å². The maximum absolute atomic E-state index is 13.3. The molecule has 1 saturated carbocycles. The van der Waals surface area contributed by atoms with Gasteiger partial charge in [0, 0.05) is 0 Å². The van der Waals surface area contributed by atoms with Gasteiger partial charge < -0.3 is 20.5 Å². The monoisotopic (exact) mass is 494 g/mol. The summed E-state index contributed by atoms with van der Waals surface area (Å²) in [6.07, 6.45) is 2.87. The minimum Gasteiger partial charge on any atom is -0.460 e. The van der Waals surface area contributed by atoms with Crippen molar-refractivity contribution in [2.45, 2.75) is 78.2 Å². The number of carbonyl (C=O) groups is 3. The van der Waals surface area contributed by atoms with Crippen molar-refractivity contribution < 1.29 is 23.9 Å². The van der Waals surface area contributed by atoms with Crippen molar-refractivity contribution >= 4 is 17.8 Å². The second kappa shape index (κ2) is 12.2. The molecule has 0 saturated heterocycles. The topological polar surface area (TPSA) is 108 Å². The van der Waals surface area contributed by atoms with Crippen LogP contribution in [0.5, 0.6) is 0 Å². The van der Waals surface area contributed by atoms with Crippen molar-refractivity contribution in [2.24, 2.45) is 16.6 Å². The van der Waals surface area contributed by atoms with E-state index in [0.29, 0.717) is 19.3 Å². The lowest BCUT2D eigenvalue weighted by atomic mass is 9.78. The summed E-state index contributed by atoms with van der Waals surface area (Å²) < 4.78 is 11.1. The van der Waals surface area contributed by atoms with Gasteiger partial charge in [0.25, 0.3) is 0 Å². The van der Waals surface area contributed by atoms with E-state index in [2.05, 4.69) is 5.32 Å². The van der Waals surface area contributed by atoms with Crippen LogP contribution >= 0.6 is 0 Å². The molecule has 2 atom stereocenters. The first kappa shape index (κ1) is 27.4. The van der Waals surface area contributed by atoms with E-state index in [1.165, 1.54) is 0 Å². The van der Waals surface area contributed by atoms with Gasteiger partial charge in [0.15, 0.2) is 0 Å². The molecule has 0 heterocycles. The Hall–Kier alpha value is -3.19. The number of ether oxygens (including phenoxy) is 2. The Balaban J connectivity index is 1.69. The van der Waals surface area contributed by atoms with Crippen LogP contribution in [0.3, 0.4) is 0 Å². The molecule has 0 spiro atoms. The predicted molar refractivity (Wildman–Crippen MR) is 137 cm³/mol. The SMILES string of the molecule is CC(C)(C)C[C@H](NC(=O)[C@@H](N)C1(C(=O)OCc2ccccc2)CCCC1)C(=O)OCc1ccccc1. The quantitative estimate of drug-likeness (QED) is 0.477. The zero-order valence-corrected chi connectivity index (χ0v) is 21.5. The molecule has 36 heavy (non-hydrogen) atoms. The highest BCUT2D eigenvalue weighted by Gasteiger charge is 2.51. The molecule has 7 nitrogen and oxygen atoms in total. The van der Waals surface area contributed by atoms with Crippen LogP contribution in [0.4, 0.5) is 0 Å². The Kier molecular flexibility index (Phi) is 9.26. The summed E-state index contributed by atoms with van der Waals surface area (Å²) in [6.45, 7) is 6.17. The van der Waals surface area contributed by atoms with Gasteiger partial charge in [-0.1, -0.05) is 94.3 Å². The summed E-state index contributed by atoms with van der Waals surface area (Å²) in [5, 5.41) is 2.79. The second-order valence-electron chi connectivity index (χ2n) is 10.8. The summed E-state index contributed by atoms with van der Waals surface area (Å²) >= 11 is 0. The molecule has 2 aromatic rings. The number of esters is 2. The Labute approximate surface area is 213 Å². The van der Waals surface area contributed by atoms with Crippen molar-refractivity contribution in [3.8, 4) is 0 Å². The van der Waals surface area contributed by atoms with E-state index in [4.69, 9.17) is 15.2 Å². The molecule has 1 amide bonds. The van der Waals surface area contributed by atoms with Crippen LogP contribution in [0.25, 0.3) is 0 Å². The van der Waals surface area contributed by atoms with E-state index in [1.54, 1.807) is 0 Å². The molecule has 0 aliphatic heterocycles. The van der Waals surface area contributed by atoms with Gasteiger partial charge in [0.1, 0.15) is 25.3 Å². The molecule has 1 aliphatic carbocycles. The first-order valence-electron chi connectivity index (χ1n) is 12.6. The van der Waals surface area contributed by atoms with E-state index in [-0.39, 0.29) is 18.6 Å². The molecular weight excluding hydrogens is 456 g/mol. The Morgan fingerprint density at radius 2 is 1.39 bits per heavy atom. The lowest BCUT2D eigenvalue weighted by Crippen LogP contribution is -2.58. The molecule has 1 fully saturated rings. The smallest absolute Gasteiger partial charge is 0.328 e. The standard InChI is InChI=1S/C29H38N2O5/c1-28(2,3)18-23(26(33)35-19-21-12-6-4-7-13-21)31-25(32)24(30)29(16-10-11-17-29)27(34)36-20-22-14-8-5-9-15-22/h4-9,12-15,23-24H,10-11,16-20,30H2,1-3H3,(H,31,32)/t23-,24+/m0/s1. The van der Waals surface area contributed by atoms with Crippen LogP contribution in [0.2, 0.25) is 0 Å². The van der Waals surface area contributed by atoms with Crippen LogP contribution in [0, 0.1) is 10.8 Å². The van der Waals surface area contributed by atoms with Gasteiger partial charge in [-0.2, -0.15) is 0 Å². The summed E-state index contributed by atoms with van der Waals surface area (Å²) in [5.41, 5.74) is 6.79.